The van der Waals surface area contributed by atoms with Gasteiger partial charge in [-0.25, -0.2) is 9.69 Å². The number of halogens is 2. The first kappa shape index (κ1) is 13.6. The third-order valence-corrected chi connectivity index (χ3v) is 3.30. The summed E-state index contributed by atoms with van der Waals surface area (Å²) in [5, 5.41) is 11.4. The van der Waals surface area contributed by atoms with E-state index in [2.05, 4.69) is 5.32 Å². The minimum atomic E-state index is -1.17. The number of carbonyl (C=O) groups excluding carboxylic acids is 2. The molecule has 1 saturated heterocycles. The van der Waals surface area contributed by atoms with E-state index in [9.17, 15) is 14.4 Å². The zero-order chi connectivity index (χ0) is 14.2. The fourth-order valence-electron chi connectivity index (χ4n) is 1.71. The van der Waals surface area contributed by atoms with Crippen molar-refractivity contribution < 1.29 is 19.5 Å². The van der Waals surface area contributed by atoms with E-state index in [0.29, 0.717) is 5.02 Å². The van der Waals surface area contributed by atoms with Gasteiger partial charge in [0, 0.05) is 0 Å². The number of carboxylic acids is 1. The number of nitrogens with one attached hydrogen (secondary N) is 1. The Hall–Kier alpha value is -1.79. The van der Waals surface area contributed by atoms with Gasteiger partial charge in [0.25, 0.3) is 5.91 Å². The quantitative estimate of drug-likeness (QED) is 0.835. The predicted molar refractivity (Wildman–Crippen MR) is 68.5 cm³/mol. The Bertz CT molecular complexity index is 576. The van der Waals surface area contributed by atoms with Gasteiger partial charge in [0.1, 0.15) is 6.04 Å². The molecule has 19 heavy (non-hydrogen) atoms. The molecule has 1 atom stereocenters. The number of urea groups is 1. The van der Waals surface area contributed by atoms with Crippen molar-refractivity contribution in [3.05, 3.63) is 28.2 Å². The Balaban J connectivity index is 2.29. The number of amides is 3. The van der Waals surface area contributed by atoms with Gasteiger partial charge in [-0.1, -0.05) is 23.2 Å². The maximum atomic E-state index is 12.0. The molecule has 1 heterocycles. The minimum absolute atomic E-state index is 0.196. The van der Waals surface area contributed by atoms with Crippen LogP contribution >= 0.6 is 23.2 Å². The van der Waals surface area contributed by atoms with Crippen molar-refractivity contribution >= 4 is 46.8 Å². The van der Waals surface area contributed by atoms with Crippen molar-refractivity contribution in [2.24, 2.45) is 0 Å². The van der Waals surface area contributed by atoms with E-state index < -0.39 is 30.4 Å². The van der Waals surface area contributed by atoms with Crippen molar-refractivity contribution in [1.82, 2.24) is 5.32 Å². The van der Waals surface area contributed by atoms with E-state index in [1.165, 1.54) is 18.2 Å². The second-order valence-corrected chi connectivity index (χ2v) is 4.69. The second-order valence-electron chi connectivity index (χ2n) is 3.87. The number of rotatable bonds is 3. The van der Waals surface area contributed by atoms with Crippen LogP contribution in [0.1, 0.15) is 6.42 Å². The summed E-state index contributed by atoms with van der Waals surface area (Å²) in [7, 11) is 0. The van der Waals surface area contributed by atoms with Gasteiger partial charge >= 0.3 is 12.0 Å². The van der Waals surface area contributed by atoms with Crippen molar-refractivity contribution in [1.29, 1.82) is 0 Å². The van der Waals surface area contributed by atoms with E-state index in [1.54, 1.807) is 0 Å². The first-order valence-electron chi connectivity index (χ1n) is 5.21. The summed E-state index contributed by atoms with van der Waals surface area (Å²) in [6.45, 7) is 0. The molecule has 1 aromatic carbocycles. The molecule has 1 aliphatic rings. The highest BCUT2D eigenvalue weighted by molar-refractivity contribution is 6.42. The molecule has 8 heteroatoms. The van der Waals surface area contributed by atoms with Crippen LogP contribution in [0, 0.1) is 0 Å². The monoisotopic (exact) mass is 302 g/mol. The maximum Gasteiger partial charge on any atom is 0.329 e. The van der Waals surface area contributed by atoms with E-state index in [1.807, 2.05) is 0 Å². The molecular formula is C11H8Cl2N2O4. The molecule has 3 amide bonds. The third-order valence-electron chi connectivity index (χ3n) is 2.56. The SMILES string of the molecule is O=C(O)C[C@@H]1NC(=O)N(c2ccc(Cl)c(Cl)c2)C1=O. The molecule has 1 aliphatic heterocycles. The van der Waals surface area contributed by atoms with Crippen molar-refractivity contribution in [3.63, 3.8) is 0 Å². The lowest BCUT2D eigenvalue weighted by atomic mass is 10.2. The van der Waals surface area contributed by atoms with Crippen LogP contribution < -0.4 is 10.2 Å². The molecule has 0 bridgehead atoms. The summed E-state index contributed by atoms with van der Waals surface area (Å²) in [5.74, 6) is -1.81. The van der Waals surface area contributed by atoms with Gasteiger partial charge in [-0.05, 0) is 18.2 Å². The fourth-order valence-corrected chi connectivity index (χ4v) is 2.01. The molecule has 0 aromatic heterocycles. The summed E-state index contributed by atoms with van der Waals surface area (Å²) in [4.78, 5) is 35.1. The molecule has 0 saturated carbocycles. The molecule has 0 aliphatic carbocycles. The number of carbonyl (C=O) groups is 3. The average molecular weight is 303 g/mol. The number of hydrogen-bond acceptors (Lipinski definition) is 3. The summed E-state index contributed by atoms with van der Waals surface area (Å²) < 4.78 is 0. The molecule has 0 radical (unpaired) electrons. The largest absolute Gasteiger partial charge is 0.481 e. The van der Waals surface area contributed by atoms with Gasteiger partial charge in [0.15, 0.2) is 0 Å². The molecule has 1 fully saturated rings. The Kier molecular flexibility index (Phi) is 3.64. The lowest BCUT2D eigenvalue weighted by molar-refractivity contribution is -0.139. The van der Waals surface area contributed by atoms with E-state index in [-0.39, 0.29) is 10.7 Å². The Morgan fingerprint density at radius 3 is 2.58 bits per heavy atom. The zero-order valence-electron chi connectivity index (χ0n) is 9.39. The standard InChI is InChI=1S/C11H8Cl2N2O4/c12-6-2-1-5(3-7(6)13)15-10(18)8(4-9(16)17)14-11(15)19/h1-3,8H,4H2,(H,14,19)(H,16,17)/t8-/m0/s1. The lowest BCUT2D eigenvalue weighted by Crippen LogP contribution is -2.32. The van der Waals surface area contributed by atoms with Crippen LogP contribution in [0.5, 0.6) is 0 Å². The summed E-state index contributed by atoms with van der Waals surface area (Å²) in [6.07, 6.45) is -0.470. The molecule has 0 spiro atoms. The van der Waals surface area contributed by atoms with Gasteiger partial charge in [-0.3, -0.25) is 9.59 Å². The number of anilines is 1. The lowest BCUT2D eigenvalue weighted by Gasteiger charge is -2.13. The number of nitrogens with zero attached hydrogens (tertiary/aromatic N) is 1. The van der Waals surface area contributed by atoms with Crippen LogP contribution in [0.15, 0.2) is 18.2 Å². The normalized spacial score (nSPS) is 18.6. The summed E-state index contributed by atoms with van der Waals surface area (Å²) in [6, 6.07) is 2.51. The Labute approximate surface area is 117 Å². The van der Waals surface area contributed by atoms with E-state index in [4.69, 9.17) is 28.3 Å². The number of imide groups is 1. The van der Waals surface area contributed by atoms with Crippen LogP contribution in [0.2, 0.25) is 10.0 Å². The van der Waals surface area contributed by atoms with Crippen LogP contribution in [0.25, 0.3) is 0 Å². The number of hydrogen-bond donors (Lipinski definition) is 2. The van der Waals surface area contributed by atoms with Crippen molar-refractivity contribution in [2.75, 3.05) is 4.90 Å². The number of carboxylic acid groups (broad SMARTS) is 1. The van der Waals surface area contributed by atoms with E-state index >= 15 is 0 Å². The Morgan fingerprint density at radius 1 is 1.32 bits per heavy atom. The molecule has 2 rings (SSSR count). The van der Waals surface area contributed by atoms with Crippen molar-refractivity contribution in [2.45, 2.75) is 12.5 Å². The first-order chi connectivity index (χ1) is 8.90. The van der Waals surface area contributed by atoms with Crippen LogP contribution in [0.3, 0.4) is 0 Å². The van der Waals surface area contributed by atoms with E-state index in [0.717, 1.165) is 4.90 Å². The zero-order valence-corrected chi connectivity index (χ0v) is 10.9. The average Bonchev–Trinajstić information content (AvgIpc) is 2.58. The molecule has 2 N–H and O–H groups in total. The van der Waals surface area contributed by atoms with Crippen molar-refractivity contribution in [3.8, 4) is 0 Å². The third kappa shape index (κ3) is 2.64. The molecule has 0 unspecified atom stereocenters. The second kappa shape index (κ2) is 5.07. The highest BCUT2D eigenvalue weighted by atomic mass is 35.5. The first-order valence-corrected chi connectivity index (χ1v) is 5.97. The highest BCUT2D eigenvalue weighted by Crippen LogP contribution is 2.29. The van der Waals surface area contributed by atoms with Crippen LogP contribution in [0.4, 0.5) is 10.5 Å². The smallest absolute Gasteiger partial charge is 0.329 e. The molecule has 100 valence electrons. The number of benzene rings is 1. The summed E-state index contributed by atoms with van der Waals surface area (Å²) in [5.41, 5.74) is 0.241. The van der Waals surface area contributed by atoms with Gasteiger partial charge < -0.3 is 10.4 Å². The molecular weight excluding hydrogens is 295 g/mol. The highest BCUT2D eigenvalue weighted by Gasteiger charge is 2.40. The fraction of sp³-hybridized carbons (Fsp3) is 0.182. The summed E-state index contributed by atoms with van der Waals surface area (Å²) >= 11 is 11.6. The predicted octanol–water partition coefficient (Wildman–Crippen LogP) is 1.89. The molecule has 1 aromatic rings. The Morgan fingerprint density at radius 2 is 2.00 bits per heavy atom. The van der Waals surface area contributed by atoms with Gasteiger partial charge in [0.2, 0.25) is 0 Å². The van der Waals surface area contributed by atoms with Gasteiger partial charge in [-0.2, -0.15) is 0 Å². The minimum Gasteiger partial charge on any atom is -0.481 e. The van der Waals surface area contributed by atoms with Gasteiger partial charge in [0.05, 0.1) is 22.2 Å². The number of aliphatic carboxylic acids is 1. The topological polar surface area (TPSA) is 86.7 Å². The van der Waals surface area contributed by atoms with Crippen LogP contribution in [-0.4, -0.2) is 29.1 Å². The van der Waals surface area contributed by atoms with Gasteiger partial charge in [-0.15, -0.1) is 0 Å². The molecule has 6 nitrogen and oxygen atoms in total. The maximum absolute atomic E-state index is 12.0. The van der Waals surface area contributed by atoms with Crippen LogP contribution in [-0.2, 0) is 9.59 Å².